The minimum absolute atomic E-state index is 0.0108. The molecule has 0 aliphatic rings. The first-order chi connectivity index (χ1) is 12.1. The fourth-order valence-electron chi connectivity index (χ4n) is 3.26. The van der Waals surface area contributed by atoms with E-state index in [4.69, 9.17) is 4.74 Å². The molecule has 3 aromatic heterocycles. The Kier molecular flexibility index (Phi) is 3.53. The van der Waals surface area contributed by atoms with Gasteiger partial charge in [-0.1, -0.05) is 43.3 Å². The van der Waals surface area contributed by atoms with E-state index in [1.165, 1.54) is 0 Å². The molecule has 0 amide bonds. The second-order valence-corrected chi connectivity index (χ2v) is 6.05. The Hall–Kier alpha value is -3.14. The normalized spacial score (nSPS) is 11.3. The molecule has 0 fully saturated rings. The lowest BCUT2D eigenvalue weighted by Crippen LogP contribution is -2.06. The molecule has 0 aliphatic heterocycles. The maximum atomic E-state index is 12.9. The molecule has 1 aromatic carbocycles. The average molecular weight is 331 g/mol. The lowest BCUT2D eigenvalue weighted by Gasteiger charge is -2.05. The number of carbonyl (C=O) groups excluding carboxylic acids is 2. The summed E-state index contributed by atoms with van der Waals surface area (Å²) in [4.78, 5) is 24.7. The maximum Gasteiger partial charge on any atom is 0.310 e. The van der Waals surface area contributed by atoms with Crippen LogP contribution in [0.25, 0.3) is 16.6 Å². The van der Waals surface area contributed by atoms with Crippen LogP contribution in [-0.2, 0) is 4.79 Å². The van der Waals surface area contributed by atoms with Crippen LogP contribution in [0.2, 0.25) is 0 Å². The molecule has 0 unspecified atom stereocenters. The summed E-state index contributed by atoms with van der Waals surface area (Å²) in [6.45, 7) is 3.68. The van der Waals surface area contributed by atoms with Crippen LogP contribution in [0.3, 0.4) is 0 Å². The maximum absolute atomic E-state index is 12.9. The molecule has 3 heterocycles. The summed E-state index contributed by atoms with van der Waals surface area (Å²) in [5.74, 6) is 0.298. The minimum Gasteiger partial charge on any atom is -0.424 e. The molecule has 4 aromatic rings. The standard InChI is InChI=1S/C21H17NO3/c1-3-19(23)25-21-13(2)18-12-15(16-10-7-11-17(21)22(16)18)20(24)14-8-5-4-6-9-14/h4-12H,3H2,1-2H3. The van der Waals surface area contributed by atoms with Gasteiger partial charge in [-0.15, -0.1) is 0 Å². The van der Waals surface area contributed by atoms with Gasteiger partial charge in [0.1, 0.15) is 0 Å². The van der Waals surface area contributed by atoms with Gasteiger partial charge in [-0.2, -0.15) is 0 Å². The number of hydrogen-bond acceptors (Lipinski definition) is 3. The summed E-state index contributed by atoms with van der Waals surface area (Å²) >= 11 is 0. The molecule has 4 heteroatoms. The average Bonchev–Trinajstić information content (AvgIpc) is 3.16. The van der Waals surface area contributed by atoms with E-state index in [1.807, 2.05) is 65.9 Å². The van der Waals surface area contributed by atoms with Crippen molar-refractivity contribution >= 4 is 28.3 Å². The van der Waals surface area contributed by atoms with Crippen molar-refractivity contribution in [1.82, 2.24) is 4.40 Å². The predicted octanol–water partition coefficient (Wildman–Crippen LogP) is 4.39. The van der Waals surface area contributed by atoms with Crippen LogP contribution in [0.15, 0.2) is 54.6 Å². The Bertz CT molecular complexity index is 1090. The predicted molar refractivity (Wildman–Crippen MR) is 96.6 cm³/mol. The van der Waals surface area contributed by atoms with E-state index in [2.05, 4.69) is 0 Å². The molecule has 0 saturated carbocycles. The summed E-state index contributed by atoms with van der Waals surface area (Å²) in [5, 5.41) is 0. The number of carbonyl (C=O) groups is 2. The molecule has 0 atom stereocenters. The van der Waals surface area contributed by atoms with E-state index in [1.54, 1.807) is 6.92 Å². The smallest absolute Gasteiger partial charge is 0.310 e. The van der Waals surface area contributed by atoms with Crippen molar-refractivity contribution in [3.63, 3.8) is 0 Å². The van der Waals surface area contributed by atoms with Crippen molar-refractivity contribution < 1.29 is 14.3 Å². The van der Waals surface area contributed by atoms with E-state index in [0.29, 0.717) is 23.3 Å². The topological polar surface area (TPSA) is 47.8 Å². The number of ether oxygens (including phenoxy) is 1. The molecule has 0 spiro atoms. The first-order valence-electron chi connectivity index (χ1n) is 8.28. The fourth-order valence-corrected chi connectivity index (χ4v) is 3.26. The quantitative estimate of drug-likeness (QED) is 0.412. The van der Waals surface area contributed by atoms with Gasteiger partial charge in [-0.3, -0.25) is 9.59 Å². The van der Waals surface area contributed by atoms with E-state index < -0.39 is 0 Å². The van der Waals surface area contributed by atoms with Crippen LogP contribution in [0.5, 0.6) is 5.75 Å². The highest BCUT2D eigenvalue weighted by Crippen LogP contribution is 2.37. The molecule has 0 N–H and O–H groups in total. The molecule has 0 radical (unpaired) electrons. The molecule has 4 nitrogen and oxygen atoms in total. The van der Waals surface area contributed by atoms with Crippen molar-refractivity contribution in [3.05, 3.63) is 71.3 Å². The molecule has 0 saturated heterocycles. The highest BCUT2D eigenvalue weighted by molar-refractivity contribution is 6.15. The van der Waals surface area contributed by atoms with Gasteiger partial charge in [0.15, 0.2) is 11.5 Å². The summed E-state index contributed by atoms with van der Waals surface area (Å²) in [6.07, 6.45) is 0.319. The van der Waals surface area contributed by atoms with Crippen LogP contribution in [0, 0.1) is 6.92 Å². The van der Waals surface area contributed by atoms with E-state index in [0.717, 1.165) is 22.1 Å². The molecular weight excluding hydrogens is 314 g/mol. The van der Waals surface area contributed by atoms with Crippen LogP contribution in [0.1, 0.15) is 34.8 Å². The Morgan fingerprint density at radius 2 is 1.68 bits per heavy atom. The SMILES string of the molecule is CCC(=O)Oc1c(C)c2cc(C(=O)c3ccccc3)c3cccc1n32. The van der Waals surface area contributed by atoms with Crippen molar-refractivity contribution in [1.29, 1.82) is 0 Å². The van der Waals surface area contributed by atoms with Gasteiger partial charge >= 0.3 is 5.97 Å². The van der Waals surface area contributed by atoms with Crippen LogP contribution in [0.4, 0.5) is 0 Å². The summed E-state index contributed by atoms with van der Waals surface area (Å²) in [7, 11) is 0. The molecule has 4 rings (SSSR count). The number of benzene rings is 1. The third-order valence-electron chi connectivity index (χ3n) is 4.53. The van der Waals surface area contributed by atoms with Gasteiger partial charge in [-0.25, -0.2) is 0 Å². The molecule has 124 valence electrons. The first kappa shape index (κ1) is 15.4. The lowest BCUT2D eigenvalue weighted by atomic mass is 10.0. The Balaban J connectivity index is 1.92. The third-order valence-corrected chi connectivity index (χ3v) is 4.53. The Morgan fingerprint density at radius 1 is 0.960 bits per heavy atom. The van der Waals surface area contributed by atoms with Crippen molar-refractivity contribution in [3.8, 4) is 5.75 Å². The van der Waals surface area contributed by atoms with Crippen LogP contribution in [-0.4, -0.2) is 16.2 Å². The minimum atomic E-state index is -0.266. The largest absolute Gasteiger partial charge is 0.424 e. The molecule has 25 heavy (non-hydrogen) atoms. The summed E-state index contributed by atoms with van der Waals surface area (Å²) < 4.78 is 7.51. The Labute approximate surface area is 145 Å². The highest BCUT2D eigenvalue weighted by atomic mass is 16.5. The van der Waals surface area contributed by atoms with E-state index in [9.17, 15) is 9.59 Å². The van der Waals surface area contributed by atoms with Gasteiger partial charge in [0.05, 0.1) is 16.6 Å². The third kappa shape index (κ3) is 2.30. The molecular formula is C21H17NO3. The summed E-state index contributed by atoms with van der Waals surface area (Å²) in [6, 6.07) is 16.8. The zero-order valence-electron chi connectivity index (χ0n) is 14.1. The Morgan fingerprint density at radius 3 is 2.40 bits per heavy atom. The number of ketones is 1. The summed E-state index contributed by atoms with van der Waals surface area (Å²) in [5.41, 5.74) is 4.70. The fraction of sp³-hybridized carbons (Fsp3) is 0.143. The van der Waals surface area contributed by atoms with Crippen molar-refractivity contribution in [2.45, 2.75) is 20.3 Å². The number of hydrogen-bond donors (Lipinski definition) is 0. The molecule has 0 bridgehead atoms. The van der Waals surface area contributed by atoms with Gasteiger partial charge in [0.25, 0.3) is 0 Å². The van der Waals surface area contributed by atoms with Gasteiger partial charge in [0, 0.05) is 23.1 Å². The van der Waals surface area contributed by atoms with Crippen molar-refractivity contribution in [2.75, 3.05) is 0 Å². The number of esters is 1. The van der Waals surface area contributed by atoms with Crippen LogP contribution < -0.4 is 4.74 Å². The van der Waals surface area contributed by atoms with E-state index in [-0.39, 0.29) is 11.8 Å². The number of aromatic nitrogens is 1. The monoisotopic (exact) mass is 331 g/mol. The van der Waals surface area contributed by atoms with Gasteiger partial charge < -0.3 is 9.14 Å². The second-order valence-electron chi connectivity index (χ2n) is 6.05. The van der Waals surface area contributed by atoms with Crippen molar-refractivity contribution in [2.24, 2.45) is 0 Å². The number of rotatable bonds is 4. The number of pyridine rings is 1. The zero-order valence-corrected chi connectivity index (χ0v) is 14.1. The van der Waals surface area contributed by atoms with Gasteiger partial charge in [-0.05, 0) is 25.1 Å². The number of aryl methyl sites for hydroxylation is 1. The highest BCUT2D eigenvalue weighted by Gasteiger charge is 2.23. The molecule has 0 aliphatic carbocycles. The van der Waals surface area contributed by atoms with Gasteiger partial charge in [0.2, 0.25) is 0 Å². The zero-order chi connectivity index (χ0) is 17.6. The lowest BCUT2D eigenvalue weighted by molar-refractivity contribution is -0.133. The van der Waals surface area contributed by atoms with E-state index >= 15 is 0 Å². The van der Waals surface area contributed by atoms with Crippen LogP contribution >= 0.6 is 0 Å². The number of nitrogens with zero attached hydrogens (tertiary/aromatic N) is 1. The first-order valence-corrected chi connectivity index (χ1v) is 8.28. The second kappa shape index (κ2) is 5.74.